The second kappa shape index (κ2) is 8.90. The molecule has 1 unspecified atom stereocenters. The van der Waals surface area contributed by atoms with Gasteiger partial charge in [0.05, 0.1) is 11.7 Å². The number of nitrogens with zero attached hydrogens (tertiary/aromatic N) is 1. The van der Waals surface area contributed by atoms with Gasteiger partial charge in [0, 0.05) is 41.1 Å². The molecule has 3 aromatic rings. The van der Waals surface area contributed by atoms with E-state index in [0.29, 0.717) is 16.3 Å². The largest absolute Gasteiger partial charge is 0.505 e. The SMILES string of the molecule is CCC(c1cccc(NC)c1O)N1CCc2cc(NC(=O)c3cccc(Cl)c3)ccc21. The zero-order chi connectivity index (χ0) is 22.0. The van der Waals surface area contributed by atoms with Gasteiger partial charge in [-0.15, -0.1) is 0 Å². The molecule has 0 saturated carbocycles. The third-order valence-corrected chi connectivity index (χ3v) is 6.05. The van der Waals surface area contributed by atoms with Crippen molar-refractivity contribution in [2.45, 2.75) is 25.8 Å². The van der Waals surface area contributed by atoms with Crippen LogP contribution in [0, 0.1) is 0 Å². The average molecular weight is 436 g/mol. The Bertz CT molecular complexity index is 1120. The first kappa shape index (κ1) is 21.1. The zero-order valence-corrected chi connectivity index (χ0v) is 18.4. The average Bonchev–Trinajstić information content (AvgIpc) is 3.18. The van der Waals surface area contributed by atoms with Crippen molar-refractivity contribution in [1.82, 2.24) is 0 Å². The summed E-state index contributed by atoms with van der Waals surface area (Å²) < 4.78 is 0. The molecule has 31 heavy (non-hydrogen) atoms. The number of phenolic OH excluding ortho intramolecular Hbond substituents is 1. The second-order valence-corrected chi connectivity index (χ2v) is 8.11. The fraction of sp³-hybridized carbons (Fsp3) is 0.240. The quantitative estimate of drug-likeness (QED) is 0.425. The normalized spacial score (nSPS) is 13.6. The Balaban J connectivity index is 1.57. The van der Waals surface area contributed by atoms with E-state index in [4.69, 9.17) is 11.6 Å². The van der Waals surface area contributed by atoms with Crippen molar-refractivity contribution >= 4 is 34.6 Å². The molecule has 1 atom stereocenters. The summed E-state index contributed by atoms with van der Waals surface area (Å²) in [6.45, 7) is 3.00. The molecule has 0 radical (unpaired) electrons. The highest BCUT2D eigenvalue weighted by atomic mass is 35.5. The van der Waals surface area contributed by atoms with Crippen molar-refractivity contribution in [1.29, 1.82) is 0 Å². The van der Waals surface area contributed by atoms with Gasteiger partial charge in [0.25, 0.3) is 5.91 Å². The minimum absolute atomic E-state index is 0.0708. The van der Waals surface area contributed by atoms with Crippen molar-refractivity contribution in [3.8, 4) is 5.75 Å². The van der Waals surface area contributed by atoms with Crippen LogP contribution in [0.2, 0.25) is 5.02 Å². The van der Waals surface area contributed by atoms with Crippen LogP contribution >= 0.6 is 11.6 Å². The molecule has 0 aromatic heterocycles. The van der Waals surface area contributed by atoms with E-state index in [-0.39, 0.29) is 11.9 Å². The molecular weight excluding hydrogens is 410 g/mol. The molecule has 1 aliphatic rings. The number of anilines is 3. The van der Waals surface area contributed by atoms with Gasteiger partial charge in [-0.1, -0.05) is 36.7 Å². The molecule has 0 bridgehead atoms. The van der Waals surface area contributed by atoms with Gasteiger partial charge >= 0.3 is 0 Å². The number of halogens is 1. The number of carbonyl (C=O) groups is 1. The van der Waals surface area contributed by atoms with Crippen LogP contribution in [0.3, 0.4) is 0 Å². The van der Waals surface area contributed by atoms with Crippen molar-refractivity contribution in [3.63, 3.8) is 0 Å². The van der Waals surface area contributed by atoms with Crippen LogP contribution < -0.4 is 15.5 Å². The molecule has 0 saturated heterocycles. The maximum atomic E-state index is 12.6. The topological polar surface area (TPSA) is 64.6 Å². The van der Waals surface area contributed by atoms with Gasteiger partial charge < -0.3 is 20.6 Å². The van der Waals surface area contributed by atoms with E-state index in [9.17, 15) is 9.90 Å². The molecule has 1 amide bonds. The predicted octanol–water partition coefficient (Wildman–Crippen LogP) is 5.85. The Morgan fingerprint density at radius 1 is 1.16 bits per heavy atom. The van der Waals surface area contributed by atoms with Crippen LogP contribution in [0.25, 0.3) is 0 Å². The van der Waals surface area contributed by atoms with E-state index < -0.39 is 0 Å². The van der Waals surface area contributed by atoms with Gasteiger partial charge in [-0.05, 0) is 60.9 Å². The number of aromatic hydroxyl groups is 1. The van der Waals surface area contributed by atoms with Crippen LogP contribution in [-0.2, 0) is 6.42 Å². The first-order chi connectivity index (χ1) is 15.0. The summed E-state index contributed by atoms with van der Waals surface area (Å²) in [6.07, 6.45) is 1.76. The molecular formula is C25H26ClN3O2. The van der Waals surface area contributed by atoms with Gasteiger partial charge in [0.15, 0.2) is 0 Å². The van der Waals surface area contributed by atoms with E-state index in [0.717, 1.165) is 42.0 Å². The Kier molecular flexibility index (Phi) is 6.05. The Labute approximate surface area is 187 Å². The summed E-state index contributed by atoms with van der Waals surface area (Å²) >= 11 is 6.00. The number of nitrogens with one attached hydrogen (secondary N) is 2. The number of phenols is 1. The number of benzene rings is 3. The number of amides is 1. The highest BCUT2D eigenvalue weighted by molar-refractivity contribution is 6.31. The third-order valence-electron chi connectivity index (χ3n) is 5.81. The summed E-state index contributed by atoms with van der Waals surface area (Å²) in [5, 5.41) is 17.3. The molecule has 5 nitrogen and oxygen atoms in total. The second-order valence-electron chi connectivity index (χ2n) is 7.67. The first-order valence-electron chi connectivity index (χ1n) is 10.5. The number of rotatable bonds is 6. The van der Waals surface area contributed by atoms with Crippen molar-refractivity contribution < 1.29 is 9.90 Å². The smallest absolute Gasteiger partial charge is 0.255 e. The van der Waals surface area contributed by atoms with Gasteiger partial charge in [-0.3, -0.25) is 4.79 Å². The lowest BCUT2D eigenvalue weighted by Gasteiger charge is -2.31. The molecule has 3 aromatic carbocycles. The summed E-state index contributed by atoms with van der Waals surface area (Å²) in [7, 11) is 1.81. The van der Waals surface area contributed by atoms with Gasteiger partial charge in [0.2, 0.25) is 0 Å². The summed E-state index contributed by atoms with van der Waals surface area (Å²) in [5.74, 6) is 0.119. The first-order valence-corrected chi connectivity index (χ1v) is 10.9. The lowest BCUT2D eigenvalue weighted by atomic mass is 10.0. The molecule has 0 spiro atoms. The van der Waals surface area contributed by atoms with Crippen LogP contribution in [0.1, 0.15) is 40.9 Å². The highest BCUT2D eigenvalue weighted by Gasteiger charge is 2.28. The molecule has 1 heterocycles. The fourth-order valence-corrected chi connectivity index (χ4v) is 4.49. The molecule has 3 N–H and O–H groups in total. The van der Waals surface area contributed by atoms with Gasteiger partial charge in [-0.25, -0.2) is 0 Å². The number of fused-ring (bicyclic) bond motifs is 1. The third kappa shape index (κ3) is 4.19. The number of carbonyl (C=O) groups excluding carboxylic acids is 1. The maximum Gasteiger partial charge on any atom is 0.255 e. The van der Waals surface area contributed by atoms with E-state index in [2.05, 4.69) is 28.5 Å². The number of hydrogen-bond donors (Lipinski definition) is 3. The summed E-state index contributed by atoms with van der Waals surface area (Å²) in [6, 6.07) is 18.8. The predicted molar refractivity (Wildman–Crippen MR) is 128 cm³/mol. The van der Waals surface area contributed by atoms with E-state index >= 15 is 0 Å². The van der Waals surface area contributed by atoms with Crippen LogP contribution in [0.4, 0.5) is 17.1 Å². The lowest BCUT2D eigenvalue weighted by molar-refractivity contribution is 0.102. The summed E-state index contributed by atoms with van der Waals surface area (Å²) in [4.78, 5) is 14.9. The Morgan fingerprint density at radius 3 is 2.71 bits per heavy atom. The standard InChI is InChI=1S/C25H26ClN3O2/c1-3-22(20-8-5-9-21(27-2)24(20)30)29-13-12-16-15-19(10-11-23(16)29)28-25(31)17-6-4-7-18(26)14-17/h4-11,14-15,22,27,30H,3,12-13H2,1-2H3,(H,28,31). The Morgan fingerprint density at radius 2 is 1.97 bits per heavy atom. The molecule has 0 fully saturated rings. The molecule has 0 aliphatic carbocycles. The van der Waals surface area contributed by atoms with Gasteiger partial charge in [0.1, 0.15) is 5.75 Å². The number of para-hydroxylation sites is 1. The molecule has 6 heteroatoms. The van der Waals surface area contributed by atoms with E-state index in [1.165, 1.54) is 5.56 Å². The fourth-order valence-electron chi connectivity index (χ4n) is 4.30. The van der Waals surface area contributed by atoms with Crippen LogP contribution in [0.15, 0.2) is 60.7 Å². The van der Waals surface area contributed by atoms with E-state index in [1.807, 2.05) is 37.4 Å². The monoisotopic (exact) mass is 435 g/mol. The Hall–Kier alpha value is -3.18. The maximum absolute atomic E-state index is 12.6. The minimum atomic E-state index is -0.183. The molecule has 160 valence electrons. The molecule has 1 aliphatic heterocycles. The van der Waals surface area contributed by atoms with E-state index in [1.54, 1.807) is 24.3 Å². The minimum Gasteiger partial charge on any atom is -0.505 e. The van der Waals surface area contributed by atoms with Gasteiger partial charge in [-0.2, -0.15) is 0 Å². The van der Waals surface area contributed by atoms with Crippen LogP contribution in [-0.4, -0.2) is 24.6 Å². The summed E-state index contributed by atoms with van der Waals surface area (Å²) in [5.41, 5.74) is 5.27. The van der Waals surface area contributed by atoms with Crippen molar-refractivity contribution in [2.24, 2.45) is 0 Å². The molecule has 4 rings (SSSR count). The van der Waals surface area contributed by atoms with Crippen molar-refractivity contribution in [3.05, 3.63) is 82.4 Å². The zero-order valence-electron chi connectivity index (χ0n) is 17.7. The van der Waals surface area contributed by atoms with Crippen LogP contribution in [0.5, 0.6) is 5.75 Å². The van der Waals surface area contributed by atoms with Crippen molar-refractivity contribution in [2.75, 3.05) is 29.1 Å². The lowest BCUT2D eigenvalue weighted by Crippen LogP contribution is -2.26. The number of hydrogen-bond acceptors (Lipinski definition) is 4. The highest BCUT2D eigenvalue weighted by Crippen LogP contribution is 2.42.